The van der Waals surface area contributed by atoms with E-state index in [1.165, 1.54) is 0 Å². The van der Waals surface area contributed by atoms with Crippen molar-refractivity contribution in [2.75, 3.05) is 0 Å². The highest BCUT2D eigenvalue weighted by molar-refractivity contribution is 5.83. The summed E-state index contributed by atoms with van der Waals surface area (Å²) in [5, 5.41) is 8.70. The van der Waals surface area contributed by atoms with E-state index in [9.17, 15) is 0 Å². The van der Waals surface area contributed by atoms with Gasteiger partial charge in [-0.05, 0) is 23.8 Å². The van der Waals surface area contributed by atoms with Gasteiger partial charge in [0.05, 0.1) is 11.0 Å². The molecule has 0 amide bonds. The van der Waals surface area contributed by atoms with Gasteiger partial charge in [0.1, 0.15) is 0 Å². The molecule has 5 nitrogen and oxygen atoms in total. The number of benzene rings is 2. The van der Waals surface area contributed by atoms with Crippen molar-refractivity contribution in [3.63, 3.8) is 0 Å². The Kier molecular flexibility index (Phi) is 2.55. The molecule has 0 unspecified atom stereocenters. The van der Waals surface area contributed by atoms with E-state index in [0.717, 1.165) is 33.8 Å². The van der Waals surface area contributed by atoms with Crippen LogP contribution in [0.5, 0.6) is 0 Å². The van der Waals surface area contributed by atoms with Crippen LogP contribution in [-0.4, -0.2) is 19.2 Å². The summed E-state index contributed by atoms with van der Waals surface area (Å²) in [4.78, 5) is 0. The molecule has 2 aromatic heterocycles. The predicted octanol–water partition coefficient (Wildman–Crippen LogP) is 2.35. The van der Waals surface area contributed by atoms with Crippen molar-refractivity contribution in [3.8, 4) is 11.4 Å². The average Bonchev–Trinajstić information content (AvgIpc) is 3.09. The topological polar surface area (TPSA) is 61.1 Å². The number of imidazole rings is 1. The zero-order valence-electron chi connectivity index (χ0n) is 11.7. The third kappa shape index (κ3) is 1.68. The summed E-state index contributed by atoms with van der Waals surface area (Å²) in [6.07, 6.45) is 0. The Morgan fingerprint density at radius 3 is 2.62 bits per heavy atom. The fraction of sp³-hybridized carbons (Fsp3) is 0.125. The summed E-state index contributed by atoms with van der Waals surface area (Å²) in [5.74, 6) is 1.68. The molecule has 0 atom stereocenters. The molecule has 4 aromatic rings. The smallest absolute Gasteiger partial charge is 0.236 e. The van der Waals surface area contributed by atoms with Crippen LogP contribution in [-0.2, 0) is 13.6 Å². The van der Waals surface area contributed by atoms with Crippen LogP contribution in [0.25, 0.3) is 28.2 Å². The fourth-order valence-corrected chi connectivity index (χ4v) is 2.78. The van der Waals surface area contributed by atoms with Crippen LogP contribution in [0.4, 0.5) is 0 Å². The third-order valence-electron chi connectivity index (χ3n) is 3.85. The number of aromatic nitrogens is 4. The van der Waals surface area contributed by atoms with Crippen LogP contribution >= 0.6 is 0 Å². The van der Waals surface area contributed by atoms with Gasteiger partial charge in [-0.15, -0.1) is 10.2 Å². The van der Waals surface area contributed by atoms with E-state index in [1.807, 2.05) is 37.4 Å². The molecule has 0 aliphatic rings. The molecule has 4 rings (SSSR count). The van der Waals surface area contributed by atoms with E-state index in [0.29, 0.717) is 6.54 Å². The molecule has 104 valence electrons. The molecule has 2 N–H and O–H groups in total. The van der Waals surface area contributed by atoms with Gasteiger partial charge in [0, 0.05) is 19.2 Å². The average molecular weight is 277 g/mol. The monoisotopic (exact) mass is 277 g/mol. The highest BCUT2D eigenvalue weighted by Gasteiger charge is 2.15. The second-order valence-electron chi connectivity index (χ2n) is 5.11. The maximum absolute atomic E-state index is 5.73. The van der Waals surface area contributed by atoms with E-state index in [2.05, 4.69) is 37.4 Å². The lowest BCUT2D eigenvalue weighted by molar-refractivity contribution is 0.954. The molecule has 0 spiro atoms. The Labute approximate surface area is 121 Å². The molecule has 0 saturated carbocycles. The standard InChI is InChI=1S/C16H15N5/c1-20-13-7-2-3-8-14(13)21-15(18-19-16(20)21)12-6-4-5-11(9-12)10-17/h2-9H,10,17H2,1H3. The Morgan fingerprint density at radius 1 is 1.00 bits per heavy atom. The Balaban J connectivity index is 2.07. The Morgan fingerprint density at radius 2 is 1.81 bits per heavy atom. The lowest BCUT2D eigenvalue weighted by atomic mass is 10.1. The first-order chi connectivity index (χ1) is 10.3. The number of hydrogen-bond acceptors (Lipinski definition) is 3. The minimum atomic E-state index is 0.519. The summed E-state index contributed by atoms with van der Waals surface area (Å²) < 4.78 is 4.14. The van der Waals surface area contributed by atoms with Gasteiger partial charge in [0.15, 0.2) is 5.82 Å². The summed E-state index contributed by atoms with van der Waals surface area (Å²) in [6.45, 7) is 0.519. The largest absolute Gasteiger partial charge is 0.326 e. The number of para-hydroxylation sites is 2. The molecule has 5 heteroatoms. The number of hydrogen-bond donors (Lipinski definition) is 1. The van der Waals surface area contributed by atoms with Gasteiger partial charge in [0.25, 0.3) is 0 Å². The minimum Gasteiger partial charge on any atom is -0.326 e. The quantitative estimate of drug-likeness (QED) is 0.612. The first-order valence-corrected chi connectivity index (χ1v) is 6.87. The van der Waals surface area contributed by atoms with Gasteiger partial charge in [0.2, 0.25) is 5.78 Å². The molecule has 2 aromatic carbocycles. The number of nitrogens with zero attached hydrogens (tertiary/aromatic N) is 4. The van der Waals surface area contributed by atoms with E-state index >= 15 is 0 Å². The number of aryl methyl sites for hydroxylation is 1. The van der Waals surface area contributed by atoms with E-state index < -0.39 is 0 Å². The van der Waals surface area contributed by atoms with Crippen molar-refractivity contribution < 1.29 is 0 Å². The lowest BCUT2D eigenvalue weighted by Gasteiger charge is -2.02. The molecule has 0 aliphatic heterocycles. The minimum absolute atomic E-state index is 0.519. The van der Waals surface area contributed by atoms with Gasteiger partial charge in [-0.3, -0.25) is 4.40 Å². The number of nitrogens with two attached hydrogens (primary N) is 1. The van der Waals surface area contributed by atoms with Gasteiger partial charge >= 0.3 is 0 Å². The van der Waals surface area contributed by atoms with Crippen LogP contribution in [0.1, 0.15) is 5.56 Å². The molecular weight excluding hydrogens is 262 g/mol. The summed E-state index contributed by atoms with van der Waals surface area (Å²) >= 11 is 0. The highest BCUT2D eigenvalue weighted by Crippen LogP contribution is 2.25. The SMILES string of the molecule is Cn1c2ccccc2n2c(-c3cccc(CN)c3)nnc12. The van der Waals surface area contributed by atoms with Crippen molar-refractivity contribution in [1.82, 2.24) is 19.2 Å². The number of rotatable bonds is 2. The first-order valence-electron chi connectivity index (χ1n) is 6.87. The predicted molar refractivity (Wildman–Crippen MR) is 82.8 cm³/mol. The van der Waals surface area contributed by atoms with Gasteiger partial charge in [-0.2, -0.15) is 0 Å². The van der Waals surface area contributed by atoms with Crippen LogP contribution in [0.2, 0.25) is 0 Å². The van der Waals surface area contributed by atoms with Gasteiger partial charge in [-0.1, -0.05) is 30.3 Å². The van der Waals surface area contributed by atoms with Crippen molar-refractivity contribution in [2.45, 2.75) is 6.54 Å². The lowest BCUT2D eigenvalue weighted by Crippen LogP contribution is -1.96. The van der Waals surface area contributed by atoms with Crippen LogP contribution in [0.15, 0.2) is 48.5 Å². The van der Waals surface area contributed by atoms with Crippen molar-refractivity contribution in [1.29, 1.82) is 0 Å². The fourth-order valence-electron chi connectivity index (χ4n) is 2.78. The van der Waals surface area contributed by atoms with Crippen molar-refractivity contribution in [2.24, 2.45) is 12.8 Å². The molecule has 21 heavy (non-hydrogen) atoms. The van der Waals surface area contributed by atoms with E-state index in [1.54, 1.807) is 0 Å². The molecule has 0 fully saturated rings. The molecular formula is C16H15N5. The maximum atomic E-state index is 5.73. The maximum Gasteiger partial charge on any atom is 0.236 e. The summed E-state index contributed by atoms with van der Waals surface area (Å²) in [7, 11) is 2.01. The zero-order valence-corrected chi connectivity index (χ0v) is 11.7. The van der Waals surface area contributed by atoms with E-state index in [-0.39, 0.29) is 0 Å². The Hall–Kier alpha value is -2.66. The second kappa shape index (κ2) is 4.43. The van der Waals surface area contributed by atoms with E-state index in [4.69, 9.17) is 5.73 Å². The second-order valence-corrected chi connectivity index (χ2v) is 5.11. The highest BCUT2D eigenvalue weighted by atomic mass is 15.3. The van der Waals surface area contributed by atoms with Crippen LogP contribution in [0.3, 0.4) is 0 Å². The molecule has 0 aliphatic carbocycles. The number of fused-ring (bicyclic) bond motifs is 3. The Bertz CT molecular complexity index is 948. The first kappa shape index (κ1) is 12.1. The molecule has 0 saturated heterocycles. The summed E-state index contributed by atoms with van der Waals surface area (Å²) in [5.41, 5.74) is 10.1. The summed E-state index contributed by atoms with van der Waals surface area (Å²) in [6, 6.07) is 16.4. The molecule has 2 heterocycles. The van der Waals surface area contributed by atoms with Gasteiger partial charge < -0.3 is 10.3 Å². The third-order valence-corrected chi connectivity index (χ3v) is 3.85. The molecule has 0 radical (unpaired) electrons. The van der Waals surface area contributed by atoms with Crippen molar-refractivity contribution >= 4 is 16.8 Å². The van der Waals surface area contributed by atoms with Crippen molar-refractivity contribution in [3.05, 3.63) is 54.1 Å². The van der Waals surface area contributed by atoms with Gasteiger partial charge in [-0.25, -0.2) is 0 Å². The normalized spacial score (nSPS) is 11.5. The molecule has 0 bridgehead atoms. The van der Waals surface area contributed by atoms with Crippen LogP contribution < -0.4 is 5.73 Å². The zero-order chi connectivity index (χ0) is 14.4. The van der Waals surface area contributed by atoms with Crippen LogP contribution in [0, 0.1) is 0 Å².